The Morgan fingerprint density at radius 2 is 2.05 bits per heavy atom. The molecule has 0 fully saturated rings. The number of thiophene rings is 1. The Morgan fingerprint density at radius 3 is 2.74 bits per heavy atom. The molecule has 1 N–H and O–H groups in total. The Kier molecular flexibility index (Phi) is 4.77. The Bertz CT molecular complexity index is 588. The molecule has 0 radical (unpaired) electrons. The van der Waals surface area contributed by atoms with Crippen LogP contribution >= 0.6 is 11.3 Å². The first-order valence-electron chi connectivity index (χ1n) is 6.13. The SMILES string of the molecule is Cc1ccc(C#CC(=O)NCCc2cccs2)cc1. The zero-order chi connectivity index (χ0) is 13.5. The van der Waals surface area contributed by atoms with E-state index < -0.39 is 0 Å². The van der Waals surface area contributed by atoms with E-state index in [2.05, 4.69) is 23.2 Å². The fourth-order valence-corrected chi connectivity index (χ4v) is 2.27. The summed E-state index contributed by atoms with van der Waals surface area (Å²) in [7, 11) is 0. The molecule has 2 nitrogen and oxygen atoms in total. The van der Waals surface area contributed by atoms with Crippen LogP contribution in [0.25, 0.3) is 0 Å². The molecule has 2 rings (SSSR count). The fourth-order valence-electron chi connectivity index (χ4n) is 1.56. The van der Waals surface area contributed by atoms with Crippen LogP contribution in [0.1, 0.15) is 16.0 Å². The zero-order valence-electron chi connectivity index (χ0n) is 10.8. The molecule has 19 heavy (non-hydrogen) atoms. The van der Waals surface area contributed by atoms with E-state index >= 15 is 0 Å². The molecule has 0 atom stereocenters. The van der Waals surface area contributed by atoms with Crippen LogP contribution in [0.4, 0.5) is 0 Å². The van der Waals surface area contributed by atoms with Crippen LogP contribution in [-0.4, -0.2) is 12.5 Å². The highest BCUT2D eigenvalue weighted by Crippen LogP contribution is 2.07. The number of hydrogen-bond acceptors (Lipinski definition) is 2. The van der Waals surface area contributed by atoms with Gasteiger partial charge in [0.15, 0.2) is 0 Å². The largest absolute Gasteiger partial charge is 0.345 e. The van der Waals surface area contributed by atoms with Crippen LogP contribution < -0.4 is 5.32 Å². The molecule has 0 unspecified atom stereocenters. The first-order chi connectivity index (χ1) is 9.24. The lowest BCUT2D eigenvalue weighted by Crippen LogP contribution is -2.23. The van der Waals surface area contributed by atoms with Crippen LogP contribution in [0.3, 0.4) is 0 Å². The third kappa shape index (κ3) is 4.61. The molecule has 1 aromatic heterocycles. The lowest BCUT2D eigenvalue weighted by Gasteiger charge is -1.98. The van der Waals surface area contributed by atoms with Gasteiger partial charge in [0.05, 0.1) is 0 Å². The molecule has 0 aliphatic carbocycles. The van der Waals surface area contributed by atoms with Gasteiger partial charge in [0.2, 0.25) is 0 Å². The smallest absolute Gasteiger partial charge is 0.296 e. The number of hydrogen-bond donors (Lipinski definition) is 1. The summed E-state index contributed by atoms with van der Waals surface area (Å²) in [6.45, 7) is 2.65. The minimum absolute atomic E-state index is 0.225. The summed E-state index contributed by atoms with van der Waals surface area (Å²) in [5.41, 5.74) is 2.05. The molecule has 0 bridgehead atoms. The van der Waals surface area contributed by atoms with Crippen molar-refractivity contribution in [3.05, 3.63) is 57.8 Å². The maximum Gasteiger partial charge on any atom is 0.296 e. The van der Waals surface area contributed by atoms with Gasteiger partial charge in [0, 0.05) is 22.9 Å². The third-order valence-electron chi connectivity index (χ3n) is 2.61. The molecule has 2 aromatic rings. The minimum atomic E-state index is -0.225. The quantitative estimate of drug-likeness (QED) is 0.853. The molecule has 0 aliphatic heterocycles. The van der Waals surface area contributed by atoms with Crippen LogP contribution in [0.15, 0.2) is 41.8 Å². The van der Waals surface area contributed by atoms with Crippen LogP contribution in [0.5, 0.6) is 0 Å². The van der Waals surface area contributed by atoms with E-state index in [1.807, 2.05) is 42.6 Å². The molecule has 1 amide bonds. The predicted molar refractivity (Wildman–Crippen MR) is 79.1 cm³/mol. The summed E-state index contributed by atoms with van der Waals surface area (Å²) in [6.07, 6.45) is 0.857. The van der Waals surface area contributed by atoms with Crippen molar-refractivity contribution >= 4 is 17.2 Å². The van der Waals surface area contributed by atoms with E-state index in [9.17, 15) is 4.79 Å². The van der Waals surface area contributed by atoms with Crippen molar-refractivity contribution in [1.29, 1.82) is 0 Å². The van der Waals surface area contributed by atoms with Crippen molar-refractivity contribution < 1.29 is 4.79 Å². The summed E-state index contributed by atoms with van der Waals surface area (Å²) in [5.74, 6) is 5.23. The average Bonchev–Trinajstić information content (AvgIpc) is 2.91. The van der Waals surface area contributed by atoms with E-state index in [4.69, 9.17) is 0 Å². The Hall–Kier alpha value is -2.05. The highest BCUT2D eigenvalue weighted by Gasteiger charge is 1.97. The maximum absolute atomic E-state index is 11.5. The van der Waals surface area contributed by atoms with E-state index in [0.29, 0.717) is 6.54 Å². The van der Waals surface area contributed by atoms with Gasteiger partial charge in [0.25, 0.3) is 5.91 Å². The van der Waals surface area contributed by atoms with Crippen molar-refractivity contribution in [3.63, 3.8) is 0 Å². The summed E-state index contributed by atoms with van der Waals surface area (Å²) in [6, 6.07) is 11.9. The average molecular weight is 269 g/mol. The van der Waals surface area contributed by atoms with Gasteiger partial charge in [0.1, 0.15) is 0 Å². The van der Waals surface area contributed by atoms with Gasteiger partial charge >= 0.3 is 0 Å². The Morgan fingerprint density at radius 1 is 1.26 bits per heavy atom. The van der Waals surface area contributed by atoms with Gasteiger partial charge in [-0.05, 0) is 36.9 Å². The maximum atomic E-state index is 11.5. The van der Waals surface area contributed by atoms with Crippen molar-refractivity contribution in [3.8, 4) is 11.8 Å². The fraction of sp³-hybridized carbons (Fsp3) is 0.188. The Balaban J connectivity index is 1.79. The lowest BCUT2D eigenvalue weighted by molar-refractivity contribution is -0.115. The van der Waals surface area contributed by atoms with Crippen LogP contribution in [0, 0.1) is 18.8 Å². The molecule has 3 heteroatoms. The van der Waals surface area contributed by atoms with E-state index in [1.54, 1.807) is 11.3 Å². The second-order valence-electron chi connectivity index (χ2n) is 4.20. The number of nitrogens with one attached hydrogen (secondary N) is 1. The van der Waals surface area contributed by atoms with Gasteiger partial charge < -0.3 is 5.32 Å². The molecule has 1 aromatic carbocycles. The van der Waals surface area contributed by atoms with Crippen LogP contribution in [0.2, 0.25) is 0 Å². The molecule has 0 saturated heterocycles. The van der Waals surface area contributed by atoms with Crippen LogP contribution in [-0.2, 0) is 11.2 Å². The van der Waals surface area contributed by atoms with E-state index in [1.165, 1.54) is 10.4 Å². The lowest BCUT2D eigenvalue weighted by atomic mass is 10.1. The van der Waals surface area contributed by atoms with Gasteiger partial charge in [-0.15, -0.1) is 11.3 Å². The third-order valence-corrected chi connectivity index (χ3v) is 3.55. The van der Waals surface area contributed by atoms with Crippen molar-refractivity contribution in [2.24, 2.45) is 0 Å². The normalized spacial score (nSPS) is 9.53. The first kappa shape index (κ1) is 13.4. The Labute approximate surface area is 117 Å². The molecule has 96 valence electrons. The number of amides is 1. The molecular formula is C16H15NOS. The monoisotopic (exact) mass is 269 g/mol. The van der Waals surface area contributed by atoms with E-state index in [-0.39, 0.29) is 5.91 Å². The number of carbonyl (C=O) groups is 1. The minimum Gasteiger partial charge on any atom is -0.345 e. The molecule has 0 aliphatic rings. The van der Waals surface area contributed by atoms with E-state index in [0.717, 1.165) is 12.0 Å². The summed E-state index contributed by atoms with van der Waals surface area (Å²) in [5, 5.41) is 4.83. The first-order valence-corrected chi connectivity index (χ1v) is 7.01. The van der Waals surface area contributed by atoms with Gasteiger partial charge in [-0.2, -0.15) is 0 Å². The second-order valence-corrected chi connectivity index (χ2v) is 5.23. The summed E-state index contributed by atoms with van der Waals surface area (Å²) >= 11 is 1.70. The molecule has 1 heterocycles. The number of rotatable bonds is 3. The molecule has 0 spiro atoms. The summed E-state index contributed by atoms with van der Waals surface area (Å²) < 4.78 is 0. The highest BCUT2D eigenvalue weighted by molar-refractivity contribution is 7.09. The predicted octanol–water partition coefficient (Wildman–Crippen LogP) is 2.77. The second kappa shape index (κ2) is 6.77. The molecule has 0 saturated carbocycles. The van der Waals surface area contributed by atoms with Crippen molar-refractivity contribution in [2.45, 2.75) is 13.3 Å². The standard InChI is InChI=1S/C16H15NOS/c1-13-4-6-14(7-5-13)8-9-16(18)17-11-10-15-3-2-12-19-15/h2-7,12H,10-11H2,1H3,(H,17,18). The summed E-state index contributed by atoms with van der Waals surface area (Å²) in [4.78, 5) is 12.8. The number of benzene rings is 1. The van der Waals surface area contributed by atoms with Gasteiger partial charge in [-0.25, -0.2) is 0 Å². The van der Waals surface area contributed by atoms with Gasteiger partial charge in [-0.1, -0.05) is 29.7 Å². The van der Waals surface area contributed by atoms with Crippen molar-refractivity contribution in [2.75, 3.05) is 6.54 Å². The topological polar surface area (TPSA) is 29.1 Å². The number of carbonyl (C=O) groups excluding carboxylic acids is 1. The van der Waals surface area contributed by atoms with Crippen molar-refractivity contribution in [1.82, 2.24) is 5.32 Å². The zero-order valence-corrected chi connectivity index (χ0v) is 11.6. The highest BCUT2D eigenvalue weighted by atomic mass is 32.1. The number of aryl methyl sites for hydroxylation is 1. The van der Waals surface area contributed by atoms with Gasteiger partial charge in [-0.3, -0.25) is 4.79 Å². The molecular weight excluding hydrogens is 254 g/mol.